The van der Waals surface area contributed by atoms with Crippen LogP contribution in [-0.2, 0) is 14.3 Å². The minimum atomic E-state index is -0.440. The molecular weight excluding hydrogens is 665 g/mol. The summed E-state index contributed by atoms with van der Waals surface area (Å²) < 4.78 is 5.55. The molecule has 0 spiro atoms. The van der Waals surface area contributed by atoms with E-state index in [-0.39, 0.29) is 11.6 Å². The van der Waals surface area contributed by atoms with Gasteiger partial charge in [0.25, 0.3) is 0 Å². The minimum absolute atomic E-state index is 0.145. The molecule has 4 atom stereocenters. The number of rotatable bonds is 4. The standard InChI is InChI=1S/C24H41N3O3.C19H33N3O/c1-23(2,3)30-22(29)25-15-11-24(4,12-16-25)26-13-9-19(10-14-26)27-20-8-6-5-7-18(20)17-21(27)28;1-19(8-10-20-11-9-19)21-12-6-16(7-13-21)22-17-5-3-2-4-15(17)14-18(22)23/h18-20H,5-17H2,1-4H3;15-17,20H,2-14H2,1H3/t18-,20+;15-,17+/m11/s1. The molecule has 3 amide bonds. The van der Waals surface area contributed by atoms with Crippen molar-refractivity contribution in [2.24, 2.45) is 11.8 Å². The molecule has 300 valence electrons. The number of hydrogen-bond acceptors (Lipinski definition) is 7. The van der Waals surface area contributed by atoms with Gasteiger partial charge in [-0.3, -0.25) is 19.4 Å². The maximum Gasteiger partial charge on any atom is 0.410 e. The molecule has 0 bridgehead atoms. The summed E-state index contributed by atoms with van der Waals surface area (Å²) in [5.74, 6) is 2.19. The Hall–Kier alpha value is -1.91. The number of carbonyl (C=O) groups is 3. The fraction of sp³-hybridized carbons (Fsp3) is 0.930. The number of nitrogens with one attached hydrogen (secondary N) is 1. The van der Waals surface area contributed by atoms with Gasteiger partial charge in [-0.1, -0.05) is 25.7 Å². The highest BCUT2D eigenvalue weighted by atomic mass is 16.6. The Balaban J connectivity index is 0.000000170. The lowest BCUT2D eigenvalue weighted by molar-refractivity contribution is -0.133. The topological polar surface area (TPSA) is 88.7 Å². The average Bonchev–Trinajstić information content (AvgIpc) is 3.67. The van der Waals surface area contributed by atoms with Crippen LogP contribution < -0.4 is 5.32 Å². The van der Waals surface area contributed by atoms with Crippen LogP contribution in [0.3, 0.4) is 0 Å². The predicted molar refractivity (Wildman–Crippen MR) is 210 cm³/mol. The van der Waals surface area contributed by atoms with E-state index in [0.717, 1.165) is 77.8 Å². The lowest BCUT2D eigenvalue weighted by atomic mass is 9.83. The first-order valence-electron chi connectivity index (χ1n) is 22.1. The van der Waals surface area contributed by atoms with Crippen LogP contribution in [0.1, 0.15) is 150 Å². The second-order valence-electron chi connectivity index (χ2n) is 19.9. The highest BCUT2D eigenvalue weighted by molar-refractivity contribution is 5.80. The van der Waals surface area contributed by atoms with Gasteiger partial charge in [-0.05, 0) is 137 Å². The summed E-state index contributed by atoms with van der Waals surface area (Å²) in [6.45, 7) is 18.9. The summed E-state index contributed by atoms with van der Waals surface area (Å²) in [6.07, 6.45) is 20.8. The molecule has 0 aromatic carbocycles. The van der Waals surface area contributed by atoms with Crippen LogP contribution in [0.25, 0.3) is 0 Å². The molecule has 6 heterocycles. The molecule has 10 nitrogen and oxygen atoms in total. The van der Waals surface area contributed by atoms with E-state index in [1.807, 2.05) is 25.7 Å². The second-order valence-corrected chi connectivity index (χ2v) is 19.9. The zero-order chi connectivity index (χ0) is 37.4. The molecule has 0 aromatic heterocycles. The fourth-order valence-corrected chi connectivity index (χ4v) is 12.0. The predicted octanol–water partition coefficient (Wildman–Crippen LogP) is 6.42. The molecule has 0 unspecified atom stereocenters. The molecule has 53 heavy (non-hydrogen) atoms. The first kappa shape index (κ1) is 39.3. The summed E-state index contributed by atoms with van der Waals surface area (Å²) in [4.78, 5) is 49.6. The van der Waals surface area contributed by atoms with Crippen LogP contribution in [0.5, 0.6) is 0 Å². The maximum absolute atomic E-state index is 12.7. The highest BCUT2D eigenvalue weighted by Crippen LogP contribution is 2.42. The van der Waals surface area contributed by atoms with Gasteiger partial charge in [-0.15, -0.1) is 0 Å². The van der Waals surface area contributed by atoms with Crippen molar-refractivity contribution in [2.45, 2.75) is 191 Å². The molecule has 6 saturated heterocycles. The van der Waals surface area contributed by atoms with Gasteiger partial charge < -0.3 is 24.8 Å². The smallest absolute Gasteiger partial charge is 0.410 e. The number of amides is 3. The van der Waals surface area contributed by atoms with Crippen molar-refractivity contribution in [3.05, 3.63) is 0 Å². The van der Waals surface area contributed by atoms with Crippen molar-refractivity contribution in [1.29, 1.82) is 0 Å². The summed E-state index contributed by atoms with van der Waals surface area (Å²) in [7, 11) is 0. The first-order chi connectivity index (χ1) is 25.3. The summed E-state index contributed by atoms with van der Waals surface area (Å²) in [5, 5.41) is 3.49. The Morgan fingerprint density at radius 1 is 0.623 bits per heavy atom. The Morgan fingerprint density at radius 2 is 1.04 bits per heavy atom. The Labute approximate surface area is 321 Å². The number of nitrogens with zero attached hydrogens (tertiary/aromatic N) is 5. The van der Waals surface area contributed by atoms with E-state index in [2.05, 4.69) is 38.8 Å². The molecule has 8 rings (SSSR count). The number of likely N-dealkylation sites (tertiary alicyclic amines) is 5. The van der Waals surface area contributed by atoms with E-state index < -0.39 is 5.60 Å². The Kier molecular flexibility index (Phi) is 12.1. The molecule has 2 saturated carbocycles. The van der Waals surface area contributed by atoms with Gasteiger partial charge in [0, 0.05) is 87.4 Å². The average molecular weight is 739 g/mol. The maximum atomic E-state index is 12.7. The molecule has 1 N–H and O–H groups in total. The quantitative estimate of drug-likeness (QED) is 0.357. The third-order valence-corrected chi connectivity index (χ3v) is 15.3. The summed E-state index contributed by atoms with van der Waals surface area (Å²) >= 11 is 0. The molecule has 0 radical (unpaired) electrons. The van der Waals surface area contributed by atoms with Crippen molar-refractivity contribution >= 4 is 17.9 Å². The van der Waals surface area contributed by atoms with E-state index in [4.69, 9.17) is 4.74 Å². The van der Waals surface area contributed by atoms with Gasteiger partial charge >= 0.3 is 6.09 Å². The van der Waals surface area contributed by atoms with Gasteiger partial charge in [0.2, 0.25) is 11.8 Å². The van der Waals surface area contributed by atoms with Crippen molar-refractivity contribution in [3.8, 4) is 0 Å². The SMILES string of the molecule is CC(C)(C)OC(=O)N1CCC(C)(N2CCC(N3C(=O)C[C@H]4CCCC[C@@H]43)CC2)CC1.CC1(N2CCC(N3C(=O)C[C@H]4CCCC[C@@H]43)CC2)CCNCC1. The highest BCUT2D eigenvalue weighted by Gasteiger charge is 2.47. The van der Waals surface area contributed by atoms with Crippen molar-refractivity contribution < 1.29 is 19.1 Å². The van der Waals surface area contributed by atoms with Gasteiger partial charge in [0.1, 0.15) is 5.60 Å². The summed E-state index contributed by atoms with van der Waals surface area (Å²) in [6, 6.07) is 2.07. The van der Waals surface area contributed by atoms with Crippen LogP contribution in [-0.4, -0.2) is 136 Å². The largest absolute Gasteiger partial charge is 0.444 e. The number of ether oxygens (including phenoxy) is 1. The summed E-state index contributed by atoms with van der Waals surface area (Å²) in [5.41, 5.74) is 0.0918. The lowest BCUT2D eigenvalue weighted by Gasteiger charge is -2.50. The monoisotopic (exact) mass is 739 g/mol. The molecule has 8 fully saturated rings. The minimum Gasteiger partial charge on any atom is -0.444 e. The zero-order valence-electron chi connectivity index (χ0n) is 34.2. The van der Waals surface area contributed by atoms with Gasteiger partial charge in [0.15, 0.2) is 0 Å². The molecule has 6 aliphatic heterocycles. The number of piperidine rings is 4. The van der Waals surface area contributed by atoms with E-state index in [1.165, 1.54) is 90.1 Å². The zero-order valence-corrected chi connectivity index (χ0v) is 34.2. The van der Waals surface area contributed by atoms with E-state index in [1.54, 1.807) is 0 Å². The molecule has 8 aliphatic rings. The van der Waals surface area contributed by atoms with Crippen LogP contribution in [0.15, 0.2) is 0 Å². The van der Waals surface area contributed by atoms with Gasteiger partial charge in [0.05, 0.1) is 0 Å². The lowest BCUT2D eigenvalue weighted by Crippen LogP contribution is -2.59. The van der Waals surface area contributed by atoms with Crippen molar-refractivity contribution in [3.63, 3.8) is 0 Å². The van der Waals surface area contributed by atoms with E-state index in [9.17, 15) is 14.4 Å². The van der Waals surface area contributed by atoms with Gasteiger partial charge in [-0.25, -0.2) is 4.79 Å². The van der Waals surface area contributed by atoms with Crippen molar-refractivity contribution in [2.75, 3.05) is 52.4 Å². The molecule has 2 aliphatic carbocycles. The van der Waals surface area contributed by atoms with Crippen LogP contribution in [0, 0.1) is 11.8 Å². The van der Waals surface area contributed by atoms with Gasteiger partial charge in [-0.2, -0.15) is 0 Å². The first-order valence-corrected chi connectivity index (χ1v) is 22.1. The Bertz CT molecular complexity index is 1270. The number of hydrogen-bond donors (Lipinski definition) is 1. The third kappa shape index (κ3) is 8.75. The molecular formula is C43H74N6O4. The van der Waals surface area contributed by atoms with Crippen LogP contribution in [0.4, 0.5) is 4.79 Å². The molecule has 10 heteroatoms. The number of fused-ring (bicyclic) bond motifs is 2. The van der Waals surface area contributed by atoms with Crippen LogP contribution >= 0.6 is 0 Å². The Morgan fingerprint density at radius 3 is 1.47 bits per heavy atom. The number of carbonyl (C=O) groups excluding carboxylic acids is 3. The third-order valence-electron chi connectivity index (χ3n) is 15.3. The molecule has 0 aromatic rings. The fourth-order valence-electron chi connectivity index (χ4n) is 12.0. The van der Waals surface area contributed by atoms with E-state index in [0.29, 0.717) is 53.4 Å². The van der Waals surface area contributed by atoms with Crippen molar-refractivity contribution in [1.82, 2.24) is 29.8 Å². The van der Waals surface area contributed by atoms with Crippen LogP contribution in [0.2, 0.25) is 0 Å². The normalized spacial score (nSPS) is 33.3. The van der Waals surface area contributed by atoms with E-state index >= 15 is 0 Å². The second kappa shape index (κ2) is 16.3.